The van der Waals surface area contributed by atoms with Gasteiger partial charge in [-0.2, -0.15) is 0 Å². The first kappa shape index (κ1) is 31.1. The molecule has 0 radical (unpaired) electrons. The van der Waals surface area contributed by atoms with Crippen LogP contribution in [0.1, 0.15) is 141 Å². The zero-order chi connectivity index (χ0) is 28.2. The Labute approximate surface area is 248 Å². The van der Waals surface area contributed by atoms with Crippen LogP contribution >= 0.6 is 0 Å². The van der Waals surface area contributed by atoms with Crippen molar-refractivity contribution < 1.29 is 0 Å². The second-order valence-corrected chi connectivity index (χ2v) is 13.7. The zero-order valence-corrected chi connectivity index (χ0v) is 26.4. The minimum absolute atomic E-state index is 0.791. The van der Waals surface area contributed by atoms with Gasteiger partial charge in [0.05, 0.1) is 0 Å². The molecule has 3 aliphatic rings. The number of rotatable bonds is 9. The van der Waals surface area contributed by atoms with E-state index in [2.05, 4.69) is 82.0 Å². The molecule has 2 aromatic carbocycles. The average molecular weight is 541 g/mol. The van der Waals surface area contributed by atoms with Crippen LogP contribution in [-0.4, -0.2) is 0 Å². The summed E-state index contributed by atoms with van der Waals surface area (Å²) < 4.78 is 0. The van der Waals surface area contributed by atoms with E-state index in [1.54, 1.807) is 5.56 Å². The monoisotopic (exact) mass is 540 g/mol. The lowest BCUT2D eigenvalue weighted by atomic mass is 9.69. The molecule has 0 aliphatic heterocycles. The number of hydrogen-bond acceptors (Lipinski definition) is 0. The summed E-state index contributed by atoms with van der Waals surface area (Å²) >= 11 is 0. The van der Waals surface area contributed by atoms with Crippen molar-refractivity contribution in [3.05, 3.63) is 72.3 Å². The summed E-state index contributed by atoms with van der Waals surface area (Å²) in [6.45, 7) is 10.8. The zero-order valence-electron chi connectivity index (χ0n) is 26.4. The second-order valence-electron chi connectivity index (χ2n) is 13.7. The lowest BCUT2D eigenvalue weighted by Crippen LogP contribution is -2.25. The Morgan fingerprint density at radius 3 is 1.48 bits per heavy atom. The van der Waals surface area contributed by atoms with Gasteiger partial charge in [0.1, 0.15) is 0 Å². The first-order valence-electron chi connectivity index (χ1n) is 17.4. The number of aryl methyl sites for hydroxylation is 1. The Morgan fingerprint density at radius 1 is 0.575 bits per heavy atom. The molecule has 220 valence electrons. The van der Waals surface area contributed by atoms with E-state index in [4.69, 9.17) is 0 Å². The van der Waals surface area contributed by atoms with Gasteiger partial charge < -0.3 is 0 Å². The summed E-state index contributed by atoms with van der Waals surface area (Å²) in [6, 6.07) is 18.4. The highest BCUT2D eigenvalue weighted by Gasteiger charge is 2.30. The van der Waals surface area contributed by atoms with Crippen LogP contribution in [0.2, 0.25) is 0 Å². The molecule has 0 atom stereocenters. The predicted octanol–water partition coefficient (Wildman–Crippen LogP) is 12.6. The fourth-order valence-electron chi connectivity index (χ4n) is 8.28. The first-order valence-corrected chi connectivity index (χ1v) is 17.4. The molecule has 0 unspecified atom stereocenters. The molecular weight excluding hydrogens is 480 g/mol. The second kappa shape index (κ2) is 16.6. The van der Waals surface area contributed by atoms with Gasteiger partial charge in [-0.15, -0.1) is 6.58 Å². The van der Waals surface area contributed by atoms with Gasteiger partial charge in [-0.25, -0.2) is 0 Å². The van der Waals surface area contributed by atoms with Crippen molar-refractivity contribution in [3.63, 3.8) is 0 Å². The van der Waals surface area contributed by atoms with Crippen molar-refractivity contribution in [3.8, 4) is 11.1 Å². The van der Waals surface area contributed by atoms with Crippen LogP contribution in [-0.2, 0) is 6.42 Å². The smallest absolute Gasteiger partial charge is 0.0162 e. The van der Waals surface area contributed by atoms with Crippen LogP contribution in [0, 0.1) is 29.6 Å². The molecule has 0 spiro atoms. The molecule has 0 bridgehead atoms. The summed E-state index contributed by atoms with van der Waals surface area (Å²) in [5, 5.41) is 0. The highest BCUT2D eigenvalue weighted by atomic mass is 14.4. The maximum Gasteiger partial charge on any atom is -0.0162 e. The van der Waals surface area contributed by atoms with Gasteiger partial charge in [0.25, 0.3) is 0 Å². The van der Waals surface area contributed by atoms with Gasteiger partial charge in [0.2, 0.25) is 0 Å². The van der Waals surface area contributed by atoms with Gasteiger partial charge in [0, 0.05) is 0 Å². The topological polar surface area (TPSA) is 0 Å². The standard InChI is InChI=1S/C23H30.C17H30/c1-3-5-19-8-12-21(13-9-19)23-16-14-22(15-17-23)20-10-6-18(4-2)7-11-20;1-3-5-15-8-12-17(13-9-15)16-10-6-14(4-2)7-11-16/h6-7,10-11,14-17,19,21H,3-5,8-9,12-13H2,1-2H3;4,14-17H,2-3,5-13H2,1H3. The van der Waals surface area contributed by atoms with E-state index in [0.29, 0.717) is 0 Å². The van der Waals surface area contributed by atoms with E-state index in [9.17, 15) is 0 Å². The van der Waals surface area contributed by atoms with Crippen LogP contribution < -0.4 is 0 Å². The Morgan fingerprint density at radius 2 is 1.02 bits per heavy atom. The van der Waals surface area contributed by atoms with E-state index in [0.717, 1.165) is 41.9 Å². The molecule has 0 aromatic heterocycles. The van der Waals surface area contributed by atoms with Crippen molar-refractivity contribution in [2.75, 3.05) is 0 Å². The highest BCUT2D eigenvalue weighted by Crippen LogP contribution is 2.42. The van der Waals surface area contributed by atoms with Crippen molar-refractivity contribution in [2.24, 2.45) is 29.6 Å². The van der Waals surface area contributed by atoms with Crippen LogP contribution in [0.25, 0.3) is 11.1 Å². The van der Waals surface area contributed by atoms with E-state index >= 15 is 0 Å². The first-order chi connectivity index (χ1) is 19.6. The molecule has 0 nitrogen and oxygen atoms in total. The third kappa shape index (κ3) is 9.09. The molecule has 0 N–H and O–H groups in total. The molecule has 2 aromatic rings. The lowest BCUT2D eigenvalue weighted by Gasteiger charge is -2.37. The average Bonchev–Trinajstić information content (AvgIpc) is 3.03. The normalized spacial score (nSPS) is 28.8. The molecule has 0 amide bonds. The van der Waals surface area contributed by atoms with Crippen molar-refractivity contribution in [2.45, 2.75) is 136 Å². The number of benzene rings is 2. The summed E-state index contributed by atoms with van der Waals surface area (Å²) in [5.41, 5.74) is 5.64. The van der Waals surface area contributed by atoms with Gasteiger partial charge >= 0.3 is 0 Å². The lowest BCUT2D eigenvalue weighted by molar-refractivity contribution is 0.152. The Bertz CT molecular complexity index is 942. The van der Waals surface area contributed by atoms with E-state index in [1.807, 2.05) is 0 Å². The fraction of sp³-hybridized carbons (Fsp3) is 0.650. The molecule has 40 heavy (non-hydrogen) atoms. The van der Waals surface area contributed by atoms with Crippen LogP contribution in [0.3, 0.4) is 0 Å². The van der Waals surface area contributed by atoms with Crippen LogP contribution in [0.5, 0.6) is 0 Å². The van der Waals surface area contributed by atoms with Crippen molar-refractivity contribution >= 4 is 0 Å². The maximum absolute atomic E-state index is 3.95. The quantitative estimate of drug-likeness (QED) is 0.277. The van der Waals surface area contributed by atoms with E-state index in [1.165, 1.54) is 119 Å². The molecule has 3 aliphatic carbocycles. The maximum atomic E-state index is 3.95. The fourth-order valence-corrected chi connectivity index (χ4v) is 8.28. The van der Waals surface area contributed by atoms with Crippen LogP contribution in [0.4, 0.5) is 0 Å². The van der Waals surface area contributed by atoms with Crippen molar-refractivity contribution in [1.82, 2.24) is 0 Å². The van der Waals surface area contributed by atoms with Crippen molar-refractivity contribution in [1.29, 1.82) is 0 Å². The molecule has 0 heterocycles. The third-order valence-electron chi connectivity index (χ3n) is 11.0. The van der Waals surface area contributed by atoms with E-state index < -0.39 is 0 Å². The van der Waals surface area contributed by atoms with Gasteiger partial charge in [0.15, 0.2) is 0 Å². The number of hydrogen-bond donors (Lipinski definition) is 0. The minimum Gasteiger partial charge on any atom is -0.103 e. The highest BCUT2D eigenvalue weighted by molar-refractivity contribution is 5.64. The number of allylic oxidation sites excluding steroid dienone is 1. The Kier molecular flexibility index (Phi) is 12.9. The molecule has 3 saturated carbocycles. The summed E-state index contributed by atoms with van der Waals surface area (Å²) in [5.74, 6) is 5.83. The Balaban J connectivity index is 0.000000194. The molecule has 0 heteroatoms. The summed E-state index contributed by atoms with van der Waals surface area (Å²) in [6.07, 6.45) is 26.5. The van der Waals surface area contributed by atoms with Gasteiger partial charge in [-0.05, 0) is 128 Å². The predicted molar refractivity (Wildman–Crippen MR) is 177 cm³/mol. The molecular formula is C40H60. The minimum atomic E-state index is 0.791. The Hall–Kier alpha value is -1.82. The summed E-state index contributed by atoms with van der Waals surface area (Å²) in [7, 11) is 0. The largest absolute Gasteiger partial charge is 0.103 e. The SMILES string of the molecule is C=CC1CCC(C2CCC(CCC)CC2)CC1.CCCC1CCC(c2ccc(-c3ccc(CC)cc3)cc2)CC1. The molecule has 0 saturated heterocycles. The summed E-state index contributed by atoms with van der Waals surface area (Å²) in [4.78, 5) is 0. The molecule has 3 fully saturated rings. The third-order valence-corrected chi connectivity index (χ3v) is 11.0. The molecule has 5 rings (SSSR count). The van der Waals surface area contributed by atoms with E-state index in [-0.39, 0.29) is 0 Å². The van der Waals surface area contributed by atoms with Crippen LogP contribution in [0.15, 0.2) is 61.2 Å². The van der Waals surface area contributed by atoms with Gasteiger partial charge in [-0.3, -0.25) is 0 Å². The van der Waals surface area contributed by atoms with Gasteiger partial charge in [-0.1, -0.05) is 114 Å².